The number of nitrogens with two attached hydrogens (primary N) is 1. The molecule has 2 aromatic rings. The van der Waals surface area contributed by atoms with E-state index in [2.05, 4.69) is 15.3 Å². The van der Waals surface area contributed by atoms with Crippen molar-refractivity contribution in [1.29, 1.82) is 5.26 Å². The van der Waals surface area contributed by atoms with Crippen molar-refractivity contribution in [2.45, 2.75) is 5.92 Å². The summed E-state index contributed by atoms with van der Waals surface area (Å²) in [5.41, 5.74) is 5.45. The number of ether oxygens (including phenoxy) is 2. The number of anilines is 1. The molecule has 9 nitrogen and oxygen atoms in total. The molecule has 3 rings (SSSR count). The number of aromatic nitrogens is 2. The number of allylic oxidation sites excluding steroid dienone is 1. The summed E-state index contributed by atoms with van der Waals surface area (Å²) in [4.78, 5) is 28.7. The largest absolute Gasteiger partial charge is 0.497 e. The molecule has 0 saturated heterocycles. The fourth-order valence-corrected chi connectivity index (χ4v) is 2.87. The van der Waals surface area contributed by atoms with Gasteiger partial charge in [0.25, 0.3) is 5.56 Å². The van der Waals surface area contributed by atoms with Gasteiger partial charge in [0.05, 0.1) is 37.3 Å². The topological polar surface area (TPSA) is 146 Å². The van der Waals surface area contributed by atoms with Crippen molar-refractivity contribution in [3.05, 3.63) is 61.6 Å². The van der Waals surface area contributed by atoms with E-state index in [0.717, 1.165) is 0 Å². The maximum absolute atomic E-state index is 12.4. The number of nitriles is 1. The summed E-state index contributed by atoms with van der Waals surface area (Å²) < 4.78 is 10.6. The number of nitrogens with one attached hydrogen (secondary N) is 3. The number of rotatable bonds is 3. The normalized spacial score (nSPS) is 15.8. The lowest BCUT2D eigenvalue weighted by atomic mass is 9.83. The van der Waals surface area contributed by atoms with Crippen LogP contribution in [-0.2, 0) is 0 Å². The Labute approximate surface area is 141 Å². The second kappa shape index (κ2) is 6.09. The monoisotopic (exact) mass is 341 g/mol. The van der Waals surface area contributed by atoms with Gasteiger partial charge in [0, 0.05) is 5.56 Å². The first kappa shape index (κ1) is 16.2. The number of aromatic amines is 2. The van der Waals surface area contributed by atoms with Crippen LogP contribution in [0.5, 0.6) is 11.5 Å². The smallest absolute Gasteiger partial charge is 0.327 e. The van der Waals surface area contributed by atoms with E-state index >= 15 is 0 Å². The van der Waals surface area contributed by atoms with E-state index in [0.29, 0.717) is 17.1 Å². The Bertz CT molecular complexity index is 1030. The average molecular weight is 341 g/mol. The van der Waals surface area contributed by atoms with Gasteiger partial charge in [-0.25, -0.2) is 4.79 Å². The number of hydrogen-bond acceptors (Lipinski definition) is 7. The minimum absolute atomic E-state index is 0.0473. The van der Waals surface area contributed by atoms with E-state index in [1.165, 1.54) is 14.2 Å². The van der Waals surface area contributed by atoms with Crippen LogP contribution in [-0.4, -0.2) is 24.2 Å². The summed E-state index contributed by atoms with van der Waals surface area (Å²) in [5.74, 6) is 0.329. The second-order valence-electron chi connectivity index (χ2n) is 5.30. The highest BCUT2D eigenvalue weighted by molar-refractivity contribution is 5.65. The Kier molecular flexibility index (Phi) is 3.94. The van der Waals surface area contributed by atoms with Gasteiger partial charge in [0.2, 0.25) is 0 Å². The molecular weight excluding hydrogens is 326 g/mol. The molecule has 1 aliphatic heterocycles. The first-order valence-electron chi connectivity index (χ1n) is 7.25. The molecule has 0 aliphatic carbocycles. The summed E-state index contributed by atoms with van der Waals surface area (Å²) in [6, 6.07) is 7.05. The average Bonchev–Trinajstić information content (AvgIpc) is 2.59. The van der Waals surface area contributed by atoms with Crippen LogP contribution in [0.2, 0.25) is 0 Å². The SMILES string of the molecule is COc1ccc(OC)c([C@H]2C(C#N)=C(N)Nc3[nH]c(=O)[nH]c(=O)c32)c1. The Balaban J connectivity index is 2.37. The Morgan fingerprint density at radius 2 is 1.96 bits per heavy atom. The lowest BCUT2D eigenvalue weighted by Gasteiger charge is -2.27. The van der Waals surface area contributed by atoms with E-state index in [-0.39, 0.29) is 22.8 Å². The Hall–Kier alpha value is -3.67. The van der Waals surface area contributed by atoms with Gasteiger partial charge in [-0.3, -0.25) is 14.8 Å². The van der Waals surface area contributed by atoms with Crippen LogP contribution in [0.3, 0.4) is 0 Å². The summed E-state index contributed by atoms with van der Waals surface area (Å²) in [5, 5.41) is 12.3. The number of nitrogens with zero attached hydrogens (tertiary/aromatic N) is 1. The minimum Gasteiger partial charge on any atom is -0.497 e. The van der Waals surface area contributed by atoms with Gasteiger partial charge in [0.1, 0.15) is 23.1 Å². The fourth-order valence-electron chi connectivity index (χ4n) is 2.87. The lowest BCUT2D eigenvalue weighted by molar-refractivity contribution is 0.398. The molecule has 1 aliphatic rings. The number of benzene rings is 1. The predicted octanol–water partition coefficient (Wildman–Crippen LogP) is 0.332. The highest BCUT2D eigenvalue weighted by Gasteiger charge is 2.34. The Morgan fingerprint density at radius 1 is 1.20 bits per heavy atom. The quantitative estimate of drug-likeness (QED) is 0.629. The number of fused-ring (bicyclic) bond motifs is 1. The second-order valence-corrected chi connectivity index (χ2v) is 5.30. The third kappa shape index (κ3) is 2.59. The van der Waals surface area contributed by atoms with E-state index in [9.17, 15) is 14.9 Å². The molecule has 1 aromatic heterocycles. The Morgan fingerprint density at radius 3 is 2.60 bits per heavy atom. The van der Waals surface area contributed by atoms with E-state index in [1.807, 2.05) is 6.07 Å². The molecule has 0 unspecified atom stereocenters. The van der Waals surface area contributed by atoms with Crippen LogP contribution in [0.25, 0.3) is 0 Å². The third-order valence-electron chi connectivity index (χ3n) is 3.98. The first-order valence-corrected chi connectivity index (χ1v) is 7.25. The van der Waals surface area contributed by atoms with Gasteiger partial charge in [-0.1, -0.05) is 0 Å². The summed E-state index contributed by atoms with van der Waals surface area (Å²) in [7, 11) is 2.98. The van der Waals surface area contributed by atoms with Crippen molar-refractivity contribution in [3.63, 3.8) is 0 Å². The minimum atomic E-state index is -0.827. The highest BCUT2D eigenvalue weighted by Crippen LogP contribution is 2.42. The molecular formula is C16H15N5O4. The van der Waals surface area contributed by atoms with Gasteiger partial charge < -0.3 is 20.5 Å². The van der Waals surface area contributed by atoms with Gasteiger partial charge in [-0.05, 0) is 18.2 Å². The van der Waals surface area contributed by atoms with Crippen molar-refractivity contribution in [2.24, 2.45) is 5.73 Å². The molecule has 0 bridgehead atoms. The van der Waals surface area contributed by atoms with Crippen molar-refractivity contribution < 1.29 is 9.47 Å². The first-order chi connectivity index (χ1) is 12.0. The number of methoxy groups -OCH3 is 2. The standard InChI is InChI=1S/C16H15N5O4/c1-24-7-3-4-10(25-2)8(5-7)11-9(6-17)13(18)19-14-12(11)15(22)21-16(23)20-14/h3-5,11H,18H2,1-2H3,(H3,19,20,21,22,23)/t11-/m0/s1. The van der Waals surface area contributed by atoms with Crippen LogP contribution < -0.4 is 31.8 Å². The van der Waals surface area contributed by atoms with Crippen molar-refractivity contribution in [3.8, 4) is 17.6 Å². The van der Waals surface area contributed by atoms with Crippen LogP contribution >= 0.6 is 0 Å². The maximum atomic E-state index is 12.4. The zero-order chi connectivity index (χ0) is 18.1. The zero-order valence-electron chi connectivity index (χ0n) is 13.5. The fraction of sp³-hybridized carbons (Fsp3) is 0.188. The molecule has 9 heteroatoms. The number of H-pyrrole nitrogens is 2. The van der Waals surface area contributed by atoms with E-state index in [4.69, 9.17) is 15.2 Å². The number of hydrogen-bond donors (Lipinski definition) is 4. The van der Waals surface area contributed by atoms with Gasteiger partial charge in [0.15, 0.2) is 0 Å². The zero-order valence-corrected chi connectivity index (χ0v) is 13.5. The molecule has 1 atom stereocenters. The molecule has 2 heterocycles. The van der Waals surface area contributed by atoms with Crippen molar-refractivity contribution in [2.75, 3.05) is 19.5 Å². The van der Waals surface area contributed by atoms with Crippen LogP contribution in [0, 0.1) is 11.3 Å². The van der Waals surface area contributed by atoms with Crippen molar-refractivity contribution in [1.82, 2.24) is 9.97 Å². The van der Waals surface area contributed by atoms with E-state index < -0.39 is 17.2 Å². The molecule has 0 spiro atoms. The maximum Gasteiger partial charge on any atom is 0.327 e. The van der Waals surface area contributed by atoms with E-state index in [1.54, 1.807) is 18.2 Å². The molecule has 0 radical (unpaired) electrons. The highest BCUT2D eigenvalue weighted by atomic mass is 16.5. The molecule has 25 heavy (non-hydrogen) atoms. The lowest BCUT2D eigenvalue weighted by Crippen LogP contribution is -2.34. The molecule has 0 saturated carbocycles. The van der Waals surface area contributed by atoms with Crippen LogP contribution in [0.4, 0.5) is 5.82 Å². The molecule has 1 aromatic carbocycles. The molecule has 0 amide bonds. The van der Waals surface area contributed by atoms with Gasteiger partial charge in [-0.2, -0.15) is 5.26 Å². The third-order valence-corrected chi connectivity index (χ3v) is 3.98. The molecule has 0 fully saturated rings. The summed E-state index contributed by atoms with van der Waals surface area (Å²) >= 11 is 0. The summed E-state index contributed by atoms with van der Waals surface area (Å²) in [6.07, 6.45) is 0. The van der Waals surface area contributed by atoms with Gasteiger partial charge >= 0.3 is 5.69 Å². The molecule has 5 N–H and O–H groups in total. The predicted molar refractivity (Wildman–Crippen MR) is 89.5 cm³/mol. The molecule has 128 valence electrons. The van der Waals surface area contributed by atoms with Gasteiger partial charge in [-0.15, -0.1) is 0 Å². The van der Waals surface area contributed by atoms with Crippen LogP contribution in [0.1, 0.15) is 17.0 Å². The summed E-state index contributed by atoms with van der Waals surface area (Å²) in [6.45, 7) is 0. The van der Waals surface area contributed by atoms with Crippen LogP contribution in [0.15, 0.2) is 39.2 Å². The van der Waals surface area contributed by atoms with Crippen molar-refractivity contribution >= 4 is 5.82 Å².